The predicted octanol–water partition coefficient (Wildman–Crippen LogP) is 1.88. The van der Waals surface area contributed by atoms with E-state index in [1.165, 1.54) is 18.2 Å². The van der Waals surface area contributed by atoms with Crippen molar-refractivity contribution >= 4 is 29.2 Å². The second-order valence-electron chi connectivity index (χ2n) is 4.38. The lowest BCUT2D eigenvalue weighted by Crippen LogP contribution is -2.24. The van der Waals surface area contributed by atoms with Crippen LogP contribution in [0.5, 0.6) is 0 Å². The molecule has 1 aromatic rings. The molecule has 0 radical (unpaired) electrons. The Morgan fingerprint density at radius 2 is 2.11 bits per heavy atom. The topological polar surface area (TPSA) is 92.4 Å². The first kappa shape index (κ1) is 13.6. The maximum Gasteiger partial charge on any atom is 0.335 e. The van der Waals surface area contributed by atoms with E-state index in [0.717, 1.165) is 0 Å². The molecule has 2 unspecified atom stereocenters. The molecule has 0 spiro atoms. The van der Waals surface area contributed by atoms with Gasteiger partial charge in [0.1, 0.15) is 0 Å². The number of nitrogens with one attached hydrogen (secondary N) is 1. The molecule has 5 nitrogen and oxygen atoms in total. The Hall–Kier alpha value is -1.85. The molecule has 2 rings (SSSR count). The lowest BCUT2D eigenvalue weighted by atomic mass is 10.1. The summed E-state index contributed by atoms with van der Waals surface area (Å²) in [5.41, 5.74) is 6.04. The van der Waals surface area contributed by atoms with Crippen molar-refractivity contribution in [3.05, 3.63) is 40.9 Å². The van der Waals surface area contributed by atoms with E-state index in [2.05, 4.69) is 5.32 Å². The van der Waals surface area contributed by atoms with Crippen LogP contribution in [0.15, 0.2) is 30.4 Å². The largest absolute Gasteiger partial charge is 0.478 e. The van der Waals surface area contributed by atoms with E-state index in [4.69, 9.17) is 22.4 Å². The molecule has 0 saturated heterocycles. The summed E-state index contributed by atoms with van der Waals surface area (Å²) < 4.78 is 0. The molecule has 1 aromatic carbocycles. The lowest BCUT2D eigenvalue weighted by molar-refractivity contribution is -0.118. The van der Waals surface area contributed by atoms with Gasteiger partial charge in [0.2, 0.25) is 5.91 Å². The molecule has 2 atom stereocenters. The van der Waals surface area contributed by atoms with Gasteiger partial charge in [0.15, 0.2) is 0 Å². The molecule has 19 heavy (non-hydrogen) atoms. The number of hydrogen-bond donors (Lipinski definition) is 3. The third-order valence-electron chi connectivity index (χ3n) is 2.92. The fourth-order valence-corrected chi connectivity index (χ4v) is 2.07. The van der Waals surface area contributed by atoms with Crippen molar-refractivity contribution in [2.24, 2.45) is 11.7 Å². The average Bonchev–Trinajstić information content (AvgIpc) is 2.78. The second-order valence-corrected chi connectivity index (χ2v) is 4.79. The fourth-order valence-electron chi connectivity index (χ4n) is 1.90. The first-order valence-electron chi connectivity index (χ1n) is 5.75. The number of anilines is 1. The van der Waals surface area contributed by atoms with Crippen molar-refractivity contribution in [2.45, 2.75) is 12.5 Å². The zero-order valence-electron chi connectivity index (χ0n) is 9.97. The highest BCUT2D eigenvalue weighted by molar-refractivity contribution is 6.33. The van der Waals surface area contributed by atoms with Crippen LogP contribution in [0.25, 0.3) is 0 Å². The Morgan fingerprint density at radius 3 is 2.68 bits per heavy atom. The van der Waals surface area contributed by atoms with Gasteiger partial charge < -0.3 is 16.2 Å². The third kappa shape index (κ3) is 3.13. The summed E-state index contributed by atoms with van der Waals surface area (Å²) in [5, 5.41) is 11.8. The molecule has 0 heterocycles. The highest BCUT2D eigenvalue weighted by Gasteiger charge is 2.23. The van der Waals surface area contributed by atoms with E-state index in [1.807, 2.05) is 0 Å². The number of benzene rings is 1. The summed E-state index contributed by atoms with van der Waals surface area (Å²) in [6.07, 6.45) is 4.07. The Kier molecular flexibility index (Phi) is 3.87. The number of amides is 1. The first-order valence-corrected chi connectivity index (χ1v) is 6.13. The first-order chi connectivity index (χ1) is 8.97. The number of carbonyl (C=O) groups excluding carboxylic acids is 1. The van der Waals surface area contributed by atoms with Gasteiger partial charge in [-0.2, -0.15) is 0 Å². The number of hydrogen-bond acceptors (Lipinski definition) is 3. The van der Waals surface area contributed by atoms with Gasteiger partial charge >= 0.3 is 5.97 Å². The maximum absolute atomic E-state index is 12.0. The molecule has 1 aliphatic rings. The minimum Gasteiger partial charge on any atom is -0.478 e. The van der Waals surface area contributed by atoms with Crippen molar-refractivity contribution < 1.29 is 14.7 Å². The van der Waals surface area contributed by atoms with Crippen LogP contribution in [0.4, 0.5) is 5.69 Å². The number of aromatic carboxylic acids is 1. The van der Waals surface area contributed by atoms with Crippen molar-refractivity contribution in [1.29, 1.82) is 0 Å². The molecule has 0 saturated carbocycles. The minimum atomic E-state index is -1.07. The van der Waals surface area contributed by atoms with Crippen LogP contribution in [0.2, 0.25) is 5.02 Å². The third-order valence-corrected chi connectivity index (χ3v) is 3.25. The molecule has 100 valence electrons. The van der Waals surface area contributed by atoms with Crippen LogP contribution in [-0.2, 0) is 4.79 Å². The van der Waals surface area contributed by atoms with Gasteiger partial charge in [0.25, 0.3) is 0 Å². The highest BCUT2D eigenvalue weighted by atomic mass is 35.5. The minimum absolute atomic E-state index is 0.0679. The van der Waals surface area contributed by atoms with E-state index in [-0.39, 0.29) is 23.4 Å². The van der Waals surface area contributed by atoms with E-state index in [1.54, 1.807) is 12.2 Å². The van der Waals surface area contributed by atoms with E-state index in [9.17, 15) is 9.59 Å². The summed E-state index contributed by atoms with van der Waals surface area (Å²) in [6.45, 7) is 0. The summed E-state index contributed by atoms with van der Waals surface area (Å²) in [5.74, 6) is -1.62. The van der Waals surface area contributed by atoms with Crippen molar-refractivity contribution in [1.82, 2.24) is 0 Å². The van der Waals surface area contributed by atoms with Crippen LogP contribution < -0.4 is 11.1 Å². The molecule has 0 aromatic heterocycles. The standard InChI is InChI=1S/C13H13ClN2O3/c14-10-4-2-8(13(18)19)6-11(10)16-12(17)7-1-3-9(15)5-7/h1-4,6-7,9H,5,15H2,(H,16,17)(H,18,19). The SMILES string of the molecule is NC1C=CC(C(=O)Nc2cc(C(=O)O)ccc2Cl)C1. The van der Waals surface area contributed by atoms with Gasteiger partial charge in [-0.15, -0.1) is 0 Å². The molecule has 1 amide bonds. The van der Waals surface area contributed by atoms with Gasteiger partial charge in [0.05, 0.1) is 22.2 Å². The maximum atomic E-state index is 12.0. The zero-order chi connectivity index (χ0) is 14.0. The molecule has 1 aliphatic carbocycles. The van der Waals surface area contributed by atoms with Gasteiger partial charge in [0, 0.05) is 6.04 Å². The van der Waals surface area contributed by atoms with Crippen molar-refractivity contribution in [3.8, 4) is 0 Å². The molecular weight excluding hydrogens is 268 g/mol. The van der Waals surface area contributed by atoms with E-state index in [0.29, 0.717) is 17.1 Å². The Balaban J connectivity index is 2.14. The van der Waals surface area contributed by atoms with Crippen LogP contribution in [0, 0.1) is 5.92 Å². The number of nitrogens with two attached hydrogens (primary N) is 1. The number of carboxylic acids is 1. The highest BCUT2D eigenvalue weighted by Crippen LogP contribution is 2.25. The second kappa shape index (κ2) is 5.42. The van der Waals surface area contributed by atoms with Gasteiger partial charge in [-0.1, -0.05) is 23.8 Å². The Bertz CT molecular complexity index is 557. The summed E-state index contributed by atoms with van der Waals surface area (Å²) in [6, 6.07) is 4.04. The fraction of sp³-hybridized carbons (Fsp3) is 0.231. The predicted molar refractivity (Wildman–Crippen MR) is 72.3 cm³/mol. The smallest absolute Gasteiger partial charge is 0.335 e. The number of carbonyl (C=O) groups is 2. The number of halogens is 1. The van der Waals surface area contributed by atoms with Crippen molar-refractivity contribution in [3.63, 3.8) is 0 Å². The van der Waals surface area contributed by atoms with Gasteiger partial charge in [-0.3, -0.25) is 4.79 Å². The Labute approximate surface area is 115 Å². The van der Waals surface area contributed by atoms with Crippen LogP contribution in [0.1, 0.15) is 16.8 Å². The molecule has 0 bridgehead atoms. The van der Waals surface area contributed by atoms with Crippen molar-refractivity contribution in [2.75, 3.05) is 5.32 Å². The molecule has 4 N–H and O–H groups in total. The van der Waals surface area contributed by atoms with Crippen LogP contribution in [-0.4, -0.2) is 23.0 Å². The average molecular weight is 281 g/mol. The quantitative estimate of drug-likeness (QED) is 0.737. The summed E-state index contributed by atoms with van der Waals surface area (Å²) in [4.78, 5) is 22.8. The zero-order valence-corrected chi connectivity index (χ0v) is 10.7. The summed E-state index contributed by atoms with van der Waals surface area (Å²) >= 11 is 5.93. The molecule has 0 aliphatic heterocycles. The van der Waals surface area contributed by atoms with E-state index >= 15 is 0 Å². The molecule has 6 heteroatoms. The summed E-state index contributed by atoms with van der Waals surface area (Å²) in [7, 11) is 0. The number of rotatable bonds is 3. The van der Waals surface area contributed by atoms with Crippen LogP contribution >= 0.6 is 11.6 Å². The van der Waals surface area contributed by atoms with E-state index < -0.39 is 5.97 Å². The Morgan fingerprint density at radius 1 is 1.37 bits per heavy atom. The van der Waals surface area contributed by atoms with Crippen LogP contribution in [0.3, 0.4) is 0 Å². The van der Waals surface area contributed by atoms with Gasteiger partial charge in [-0.25, -0.2) is 4.79 Å². The molecule has 0 fully saturated rings. The lowest BCUT2D eigenvalue weighted by Gasteiger charge is -2.12. The number of carboxylic acid groups (broad SMARTS) is 1. The monoisotopic (exact) mass is 280 g/mol. The van der Waals surface area contributed by atoms with Gasteiger partial charge in [-0.05, 0) is 24.6 Å². The normalized spacial score (nSPS) is 21.4. The molecular formula is C13H13ClN2O3.